The zero-order valence-corrected chi connectivity index (χ0v) is 21.4. The van der Waals surface area contributed by atoms with Crippen molar-refractivity contribution in [2.45, 2.75) is 25.4 Å². The van der Waals surface area contributed by atoms with E-state index >= 15 is 0 Å². The third-order valence-corrected chi connectivity index (χ3v) is 6.85. The van der Waals surface area contributed by atoms with Gasteiger partial charge in [-0.05, 0) is 36.6 Å². The van der Waals surface area contributed by atoms with Crippen molar-refractivity contribution in [1.29, 1.82) is 0 Å². The van der Waals surface area contributed by atoms with Crippen LogP contribution in [0.5, 0.6) is 5.75 Å². The minimum Gasteiger partial charge on any atom is -0.496 e. The number of anilines is 1. The number of halogens is 1. The number of carbonyl (C=O) groups excluding carboxylic acids is 2. The van der Waals surface area contributed by atoms with E-state index in [9.17, 15) is 14.0 Å². The first-order valence-corrected chi connectivity index (χ1v) is 12.5. The maximum atomic E-state index is 14.2. The highest BCUT2D eigenvalue weighted by Crippen LogP contribution is 2.34. The summed E-state index contributed by atoms with van der Waals surface area (Å²) in [6.45, 7) is 4.96. The predicted octanol–water partition coefficient (Wildman–Crippen LogP) is 3.50. The molecule has 1 atom stereocenters. The minimum absolute atomic E-state index is 0.0712. The molecule has 4 aromatic rings. The van der Waals surface area contributed by atoms with Crippen molar-refractivity contribution >= 4 is 28.7 Å². The molecule has 39 heavy (non-hydrogen) atoms. The van der Waals surface area contributed by atoms with Crippen LogP contribution < -0.4 is 15.8 Å². The van der Waals surface area contributed by atoms with Crippen molar-refractivity contribution in [3.63, 3.8) is 0 Å². The number of aromatic nitrogens is 4. The highest BCUT2D eigenvalue weighted by molar-refractivity contribution is 5.98. The van der Waals surface area contributed by atoms with Gasteiger partial charge < -0.3 is 20.7 Å². The molecule has 0 bridgehead atoms. The first-order chi connectivity index (χ1) is 18.9. The minimum atomic E-state index is -0.653. The first kappa shape index (κ1) is 25.8. The molecule has 0 saturated carbocycles. The summed E-state index contributed by atoms with van der Waals surface area (Å²) >= 11 is 0. The number of likely N-dealkylation sites (tertiary alicyclic amines) is 1. The monoisotopic (exact) mass is 529 g/mol. The molecule has 10 nitrogen and oxygen atoms in total. The summed E-state index contributed by atoms with van der Waals surface area (Å²) in [6.07, 6.45) is 4.41. The summed E-state index contributed by atoms with van der Waals surface area (Å²) in [5.74, 6) is -0.854. The number of nitrogens with two attached hydrogens (primary N) is 1. The second kappa shape index (κ2) is 10.9. The number of piperidine rings is 1. The maximum Gasteiger partial charge on any atom is 0.258 e. The molecule has 200 valence electrons. The van der Waals surface area contributed by atoms with Crippen LogP contribution in [-0.2, 0) is 11.3 Å². The van der Waals surface area contributed by atoms with Crippen LogP contribution in [0.2, 0.25) is 0 Å². The van der Waals surface area contributed by atoms with Crippen LogP contribution in [0, 0.1) is 5.82 Å². The Morgan fingerprint density at radius 2 is 2.03 bits per heavy atom. The summed E-state index contributed by atoms with van der Waals surface area (Å²) in [4.78, 5) is 35.3. The van der Waals surface area contributed by atoms with Gasteiger partial charge in [0.1, 0.15) is 35.0 Å². The Labute approximate surface area is 224 Å². The molecule has 0 spiro atoms. The van der Waals surface area contributed by atoms with Gasteiger partial charge in [0.2, 0.25) is 5.91 Å². The van der Waals surface area contributed by atoms with Crippen molar-refractivity contribution in [2.24, 2.45) is 0 Å². The van der Waals surface area contributed by atoms with E-state index in [4.69, 9.17) is 15.6 Å². The smallest absolute Gasteiger partial charge is 0.258 e. The van der Waals surface area contributed by atoms with Crippen molar-refractivity contribution in [2.75, 3.05) is 25.9 Å². The summed E-state index contributed by atoms with van der Waals surface area (Å²) in [7, 11) is 1.39. The van der Waals surface area contributed by atoms with Gasteiger partial charge in [0.15, 0.2) is 5.65 Å². The fourth-order valence-electron chi connectivity index (χ4n) is 4.88. The standard InChI is InChI=1S/C28H28FN7O3/c1-3-22(37)35-13-5-6-19(15-35)36-27-24(26(30)32-16-33-27)25(34-36)18-11-9-17(10-12-18)14-31-28(38)23-20(29)7-4-8-21(23)39-2/h3-4,7-12,16,19H,1,5-6,13-15H2,2H3,(H,31,38)(H2,30,32,33)/t19-/m1/s1. The van der Waals surface area contributed by atoms with E-state index in [-0.39, 0.29) is 29.8 Å². The fraction of sp³-hybridized carbons (Fsp3) is 0.250. The SMILES string of the molecule is C=CC(=O)N1CCC[C@@H](n2nc(-c3ccc(CNC(=O)c4c(F)cccc4OC)cc3)c3c(N)ncnc32)C1. The Kier molecular flexibility index (Phi) is 7.22. The summed E-state index contributed by atoms with van der Waals surface area (Å²) in [5.41, 5.74) is 8.96. The number of methoxy groups -OCH3 is 1. The van der Waals surface area contributed by atoms with Gasteiger partial charge in [-0.2, -0.15) is 5.10 Å². The molecule has 1 saturated heterocycles. The molecule has 3 N–H and O–H groups in total. The van der Waals surface area contributed by atoms with Crippen LogP contribution in [0.1, 0.15) is 34.8 Å². The van der Waals surface area contributed by atoms with E-state index in [1.165, 1.54) is 37.7 Å². The molecular weight excluding hydrogens is 501 g/mol. The molecule has 2 aromatic heterocycles. The zero-order valence-electron chi connectivity index (χ0n) is 21.4. The van der Waals surface area contributed by atoms with Crippen LogP contribution in [0.25, 0.3) is 22.3 Å². The Morgan fingerprint density at radius 3 is 2.77 bits per heavy atom. The van der Waals surface area contributed by atoms with E-state index in [1.54, 1.807) is 4.90 Å². The molecule has 5 rings (SSSR count). The van der Waals surface area contributed by atoms with Crippen molar-refractivity contribution in [1.82, 2.24) is 30.0 Å². The van der Waals surface area contributed by atoms with Crippen molar-refractivity contribution < 1.29 is 18.7 Å². The average Bonchev–Trinajstić information content (AvgIpc) is 3.36. The first-order valence-electron chi connectivity index (χ1n) is 12.5. The van der Waals surface area contributed by atoms with Gasteiger partial charge in [0, 0.05) is 25.2 Å². The van der Waals surface area contributed by atoms with Crippen LogP contribution in [0.15, 0.2) is 61.4 Å². The van der Waals surface area contributed by atoms with Crippen LogP contribution in [0.3, 0.4) is 0 Å². The second-order valence-corrected chi connectivity index (χ2v) is 9.23. The van der Waals surface area contributed by atoms with E-state index in [0.29, 0.717) is 35.6 Å². The summed E-state index contributed by atoms with van der Waals surface area (Å²) < 4.78 is 21.2. The molecule has 1 aliphatic rings. The zero-order chi connectivity index (χ0) is 27.5. The third-order valence-electron chi connectivity index (χ3n) is 6.85. The fourth-order valence-corrected chi connectivity index (χ4v) is 4.88. The normalized spacial score (nSPS) is 15.2. The molecule has 1 aliphatic heterocycles. The lowest BCUT2D eigenvalue weighted by Crippen LogP contribution is -2.40. The van der Waals surface area contributed by atoms with Crippen molar-refractivity contribution in [3.8, 4) is 17.0 Å². The number of hydrogen-bond acceptors (Lipinski definition) is 7. The number of nitrogens with zero attached hydrogens (tertiary/aromatic N) is 5. The number of fused-ring (bicyclic) bond motifs is 1. The summed E-state index contributed by atoms with van der Waals surface area (Å²) in [6, 6.07) is 11.6. The highest BCUT2D eigenvalue weighted by atomic mass is 19.1. The van der Waals surface area contributed by atoms with Gasteiger partial charge >= 0.3 is 0 Å². The van der Waals surface area contributed by atoms with Gasteiger partial charge in [0.05, 0.1) is 18.5 Å². The second-order valence-electron chi connectivity index (χ2n) is 9.23. The Bertz CT molecular complexity index is 1550. The summed E-state index contributed by atoms with van der Waals surface area (Å²) in [5, 5.41) is 8.25. The Balaban J connectivity index is 1.39. The Morgan fingerprint density at radius 1 is 1.23 bits per heavy atom. The molecule has 0 aliphatic carbocycles. The quantitative estimate of drug-likeness (QED) is 0.351. The molecule has 11 heteroatoms. The molecule has 2 amide bonds. The largest absolute Gasteiger partial charge is 0.496 e. The van der Waals surface area contributed by atoms with Gasteiger partial charge in [0.25, 0.3) is 5.91 Å². The number of amides is 2. The molecule has 0 unspecified atom stereocenters. The number of nitrogen functional groups attached to an aromatic ring is 1. The lowest BCUT2D eigenvalue weighted by Gasteiger charge is -2.32. The Hall–Kier alpha value is -4.80. The van der Waals surface area contributed by atoms with Gasteiger partial charge in [-0.1, -0.05) is 36.9 Å². The maximum absolute atomic E-state index is 14.2. The van der Waals surface area contributed by atoms with E-state index in [2.05, 4.69) is 21.9 Å². The van der Waals surface area contributed by atoms with E-state index in [1.807, 2.05) is 28.9 Å². The van der Waals surface area contributed by atoms with Crippen LogP contribution >= 0.6 is 0 Å². The van der Waals surface area contributed by atoms with E-state index < -0.39 is 11.7 Å². The lowest BCUT2D eigenvalue weighted by molar-refractivity contribution is -0.127. The highest BCUT2D eigenvalue weighted by Gasteiger charge is 2.28. The third kappa shape index (κ3) is 5.02. The molecular formula is C28H28FN7O3. The molecule has 3 heterocycles. The number of hydrogen-bond donors (Lipinski definition) is 2. The molecule has 2 aromatic carbocycles. The lowest BCUT2D eigenvalue weighted by atomic mass is 10.1. The van der Waals surface area contributed by atoms with Gasteiger partial charge in [-0.15, -0.1) is 0 Å². The number of nitrogens with one attached hydrogen (secondary N) is 1. The average molecular weight is 530 g/mol. The molecule has 1 fully saturated rings. The van der Waals surface area contributed by atoms with E-state index in [0.717, 1.165) is 24.0 Å². The van der Waals surface area contributed by atoms with Gasteiger partial charge in [-0.3, -0.25) is 9.59 Å². The van der Waals surface area contributed by atoms with Gasteiger partial charge in [-0.25, -0.2) is 19.0 Å². The van der Waals surface area contributed by atoms with Crippen LogP contribution in [-0.4, -0.2) is 56.7 Å². The van der Waals surface area contributed by atoms with Crippen LogP contribution in [0.4, 0.5) is 10.2 Å². The number of carbonyl (C=O) groups is 2. The predicted molar refractivity (Wildman–Crippen MR) is 144 cm³/mol. The number of benzene rings is 2. The molecule has 0 radical (unpaired) electrons. The number of ether oxygens (including phenoxy) is 1. The topological polar surface area (TPSA) is 128 Å². The van der Waals surface area contributed by atoms with Crippen molar-refractivity contribution in [3.05, 3.63) is 78.4 Å². The number of rotatable bonds is 7.